The summed E-state index contributed by atoms with van der Waals surface area (Å²) in [6.45, 7) is 5.03. The quantitative estimate of drug-likeness (QED) is 0.864. The monoisotopic (exact) mass is 318 g/mol. The third kappa shape index (κ3) is 3.47. The third-order valence-electron chi connectivity index (χ3n) is 4.45. The van der Waals surface area contributed by atoms with E-state index in [9.17, 15) is 9.59 Å². The smallest absolute Gasteiger partial charge is 0.238 e. The van der Waals surface area contributed by atoms with Gasteiger partial charge in [-0.3, -0.25) is 14.5 Å². The molecular formula is C17H22N2O4. The number of carbonyl (C=O) groups excluding carboxylic acids is 2. The van der Waals surface area contributed by atoms with Crippen LogP contribution in [0.3, 0.4) is 0 Å². The Kier molecular flexibility index (Phi) is 4.52. The van der Waals surface area contributed by atoms with E-state index < -0.39 is 0 Å². The number of carbonyl (C=O) groups is 2. The molecule has 1 fully saturated rings. The summed E-state index contributed by atoms with van der Waals surface area (Å²) in [7, 11) is 0. The van der Waals surface area contributed by atoms with Gasteiger partial charge >= 0.3 is 0 Å². The maximum Gasteiger partial charge on any atom is 0.238 e. The number of piperidine rings is 1. The molecule has 0 bridgehead atoms. The molecule has 23 heavy (non-hydrogen) atoms. The Bertz CT molecular complexity index is 629. The second-order valence-corrected chi connectivity index (χ2v) is 6.17. The molecule has 6 nitrogen and oxygen atoms in total. The van der Waals surface area contributed by atoms with Crippen LogP contribution in [0.4, 0.5) is 5.69 Å². The number of rotatable bonds is 4. The molecule has 0 saturated carbocycles. The average Bonchev–Trinajstić information content (AvgIpc) is 2.96. The first-order chi connectivity index (χ1) is 11.0. The van der Waals surface area contributed by atoms with E-state index in [0.717, 1.165) is 19.4 Å². The summed E-state index contributed by atoms with van der Waals surface area (Å²) < 4.78 is 10.6. The van der Waals surface area contributed by atoms with Crippen molar-refractivity contribution >= 4 is 17.4 Å². The number of ether oxygens (including phenoxy) is 2. The zero-order valence-corrected chi connectivity index (χ0v) is 13.6. The molecule has 0 aliphatic carbocycles. The van der Waals surface area contributed by atoms with E-state index in [2.05, 4.69) is 17.1 Å². The van der Waals surface area contributed by atoms with Gasteiger partial charge in [-0.25, -0.2) is 0 Å². The van der Waals surface area contributed by atoms with E-state index in [0.29, 0.717) is 35.3 Å². The first-order valence-electron chi connectivity index (χ1n) is 8.03. The minimum absolute atomic E-state index is 0.111. The Morgan fingerprint density at radius 3 is 2.70 bits per heavy atom. The average molecular weight is 318 g/mol. The highest BCUT2D eigenvalue weighted by Crippen LogP contribution is 2.37. The minimum Gasteiger partial charge on any atom is -0.454 e. The van der Waals surface area contributed by atoms with E-state index in [1.54, 1.807) is 12.1 Å². The van der Waals surface area contributed by atoms with Crippen molar-refractivity contribution in [2.45, 2.75) is 39.2 Å². The lowest BCUT2D eigenvalue weighted by Gasteiger charge is -2.32. The lowest BCUT2D eigenvalue weighted by atomic mass is 10.0. The van der Waals surface area contributed by atoms with Crippen LogP contribution in [0.1, 0.15) is 43.5 Å². The van der Waals surface area contributed by atoms with E-state index >= 15 is 0 Å². The van der Waals surface area contributed by atoms with Crippen molar-refractivity contribution in [1.29, 1.82) is 0 Å². The van der Waals surface area contributed by atoms with E-state index in [1.165, 1.54) is 13.3 Å². The maximum atomic E-state index is 12.4. The van der Waals surface area contributed by atoms with Crippen molar-refractivity contribution in [3.63, 3.8) is 0 Å². The Morgan fingerprint density at radius 1 is 1.26 bits per heavy atom. The molecule has 0 unspecified atom stereocenters. The van der Waals surface area contributed by atoms with E-state index in [-0.39, 0.29) is 18.5 Å². The number of amides is 1. The molecule has 1 aromatic rings. The van der Waals surface area contributed by atoms with Gasteiger partial charge in [0.25, 0.3) is 0 Å². The van der Waals surface area contributed by atoms with Gasteiger partial charge in [0.05, 0.1) is 12.2 Å². The number of likely N-dealkylation sites (tertiary alicyclic amines) is 1. The highest BCUT2D eigenvalue weighted by molar-refractivity contribution is 6.05. The van der Waals surface area contributed by atoms with Crippen LogP contribution in [0.15, 0.2) is 12.1 Å². The highest BCUT2D eigenvalue weighted by atomic mass is 16.7. The molecule has 2 heterocycles. The number of ketones is 1. The second-order valence-electron chi connectivity index (χ2n) is 6.17. The van der Waals surface area contributed by atoms with Crippen molar-refractivity contribution in [3.8, 4) is 11.5 Å². The zero-order valence-electron chi connectivity index (χ0n) is 13.6. The number of anilines is 1. The van der Waals surface area contributed by atoms with Gasteiger partial charge in [0, 0.05) is 17.7 Å². The topological polar surface area (TPSA) is 67.9 Å². The molecule has 1 saturated heterocycles. The molecule has 6 heteroatoms. The van der Waals surface area contributed by atoms with Gasteiger partial charge in [0.1, 0.15) is 0 Å². The number of fused-ring (bicyclic) bond motifs is 1. The predicted molar refractivity (Wildman–Crippen MR) is 86.1 cm³/mol. The van der Waals surface area contributed by atoms with Crippen LogP contribution in [0.5, 0.6) is 11.5 Å². The minimum atomic E-state index is -0.120. The Balaban J connectivity index is 1.74. The van der Waals surface area contributed by atoms with Crippen LogP contribution in [0.2, 0.25) is 0 Å². The van der Waals surface area contributed by atoms with Crippen molar-refractivity contribution in [3.05, 3.63) is 17.7 Å². The second kappa shape index (κ2) is 6.58. The molecule has 0 spiro atoms. The fourth-order valence-corrected chi connectivity index (χ4v) is 3.10. The summed E-state index contributed by atoms with van der Waals surface area (Å²) in [6.07, 6.45) is 3.46. The van der Waals surface area contributed by atoms with Crippen LogP contribution < -0.4 is 14.8 Å². The molecule has 2 aliphatic rings. The largest absolute Gasteiger partial charge is 0.454 e. The molecule has 0 aromatic heterocycles. The molecular weight excluding hydrogens is 296 g/mol. The fourth-order valence-electron chi connectivity index (χ4n) is 3.10. The van der Waals surface area contributed by atoms with Gasteiger partial charge in [-0.15, -0.1) is 0 Å². The van der Waals surface area contributed by atoms with Crippen LogP contribution in [0.25, 0.3) is 0 Å². The SMILES string of the molecule is CC(=O)c1cc2c(cc1NC(=O)CN1CCCC[C@H]1C)OCO2. The first kappa shape index (κ1) is 15.8. The molecule has 0 radical (unpaired) electrons. The lowest BCUT2D eigenvalue weighted by molar-refractivity contribution is -0.118. The van der Waals surface area contributed by atoms with Gasteiger partial charge in [-0.1, -0.05) is 6.42 Å². The fraction of sp³-hybridized carbons (Fsp3) is 0.529. The Hall–Kier alpha value is -2.08. The first-order valence-corrected chi connectivity index (χ1v) is 8.03. The predicted octanol–water partition coefficient (Wildman–Crippen LogP) is 2.43. The summed E-state index contributed by atoms with van der Waals surface area (Å²) in [6, 6.07) is 3.71. The van der Waals surface area contributed by atoms with Crippen LogP contribution in [0, 0.1) is 0 Å². The van der Waals surface area contributed by atoms with Crippen molar-refractivity contribution in [2.24, 2.45) is 0 Å². The molecule has 1 N–H and O–H groups in total. The van der Waals surface area contributed by atoms with Gasteiger partial charge in [0.15, 0.2) is 17.3 Å². The van der Waals surface area contributed by atoms with Crippen molar-refractivity contribution < 1.29 is 19.1 Å². The standard InChI is InChI=1S/C17H22N2O4/c1-11-5-3-4-6-19(11)9-17(21)18-14-8-16-15(22-10-23-16)7-13(14)12(2)20/h7-8,11H,3-6,9-10H2,1-2H3,(H,18,21)/t11-/m1/s1. The summed E-state index contributed by atoms with van der Waals surface area (Å²) in [5, 5.41) is 2.85. The van der Waals surface area contributed by atoms with Crippen LogP contribution >= 0.6 is 0 Å². The van der Waals surface area contributed by atoms with Crippen molar-refractivity contribution in [1.82, 2.24) is 4.90 Å². The highest BCUT2D eigenvalue weighted by Gasteiger charge is 2.23. The number of nitrogens with one attached hydrogen (secondary N) is 1. The van der Waals surface area contributed by atoms with E-state index in [4.69, 9.17) is 9.47 Å². The molecule has 2 aliphatic heterocycles. The van der Waals surface area contributed by atoms with Crippen molar-refractivity contribution in [2.75, 3.05) is 25.2 Å². The summed E-state index contributed by atoms with van der Waals surface area (Å²) in [5.74, 6) is 0.861. The molecule has 3 rings (SSSR count). The van der Waals surface area contributed by atoms with Gasteiger partial charge in [-0.2, -0.15) is 0 Å². The molecule has 1 amide bonds. The van der Waals surface area contributed by atoms with Crippen LogP contribution in [-0.4, -0.2) is 42.5 Å². The van der Waals surface area contributed by atoms with Gasteiger partial charge in [0.2, 0.25) is 12.7 Å². The third-order valence-corrected chi connectivity index (χ3v) is 4.45. The number of hydrogen-bond donors (Lipinski definition) is 1. The Morgan fingerprint density at radius 2 is 2.00 bits per heavy atom. The summed E-state index contributed by atoms with van der Waals surface area (Å²) in [4.78, 5) is 26.4. The van der Waals surface area contributed by atoms with Gasteiger partial charge in [-0.05, 0) is 39.3 Å². The van der Waals surface area contributed by atoms with E-state index in [1.807, 2.05) is 0 Å². The maximum absolute atomic E-state index is 12.4. The summed E-state index contributed by atoms with van der Waals surface area (Å²) in [5.41, 5.74) is 0.922. The Labute approximate surface area is 135 Å². The molecule has 1 atom stereocenters. The molecule has 1 aromatic carbocycles. The number of Topliss-reactive ketones (excluding diaryl/α,β-unsaturated/α-hetero) is 1. The zero-order chi connectivity index (χ0) is 16.4. The molecule has 124 valence electrons. The summed E-state index contributed by atoms with van der Waals surface area (Å²) >= 11 is 0. The normalized spacial score (nSPS) is 20.3. The van der Waals surface area contributed by atoms with Crippen LogP contribution in [-0.2, 0) is 4.79 Å². The number of hydrogen-bond acceptors (Lipinski definition) is 5. The lowest BCUT2D eigenvalue weighted by Crippen LogP contribution is -2.42. The number of nitrogens with zero attached hydrogens (tertiary/aromatic N) is 1. The van der Waals surface area contributed by atoms with Gasteiger partial charge < -0.3 is 14.8 Å². The number of benzene rings is 1.